The minimum atomic E-state index is -2.19. The number of fused-ring (bicyclic) bond motifs is 7. The van der Waals surface area contributed by atoms with Crippen LogP contribution in [-0.2, 0) is 71.1 Å². The van der Waals surface area contributed by atoms with Crippen LogP contribution in [0, 0.1) is 50.2 Å². The molecule has 0 spiro atoms. The normalized spacial score (nSPS) is 55.1. The fourth-order valence-corrected chi connectivity index (χ4v) is 20.0. The molecule has 592 valence electrons. The minimum Gasteiger partial charge on any atom is -0.432 e. The molecule has 34 heteroatoms. The molecule has 7 saturated heterocycles. The summed E-state index contributed by atoms with van der Waals surface area (Å²) in [6.45, 7) is 14.4. The van der Waals surface area contributed by atoms with Crippen molar-refractivity contribution in [2.45, 2.75) is 329 Å². The monoisotopic (exact) mass is 1480 g/mol. The number of ether oxygens (including phenoxy) is 14. The molecule has 0 aromatic rings. The molecule has 12 aliphatic rings. The molecular weight excluding hydrogens is 1370 g/mol. The lowest BCUT2D eigenvalue weighted by atomic mass is 9.33. The highest BCUT2D eigenvalue weighted by atomic mass is 16.8. The van der Waals surface area contributed by atoms with Gasteiger partial charge in [0.1, 0.15) is 140 Å². The van der Waals surface area contributed by atoms with Gasteiger partial charge in [-0.2, -0.15) is 0 Å². The molecule has 0 bridgehead atoms. The quantitative estimate of drug-likeness (QED) is 0.0389. The second kappa shape index (κ2) is 30.2. The number of hydrogen-bond acceptors (Lipinski definition) is 34. The maximum Gasteiger partial charge on any atom is 0.315 e. The summed E-state index contributed by atoms with van der Waals surface area (Å²) in [5, 5.41) is 211. The van der Waals surface area contributed by atoms with Gasteiger partial charge in [0.05, 0.1) is 62.9 Å². The van der Waals surface area contributed by atoms with E-state index in [4.69, 9.17) is 66.3 Å². The van der Waals surface area contributed by atoms with Crippen LogP contribution in [0.4, 0.5) is 0 Å². The molecule has 11 fully saturated rings. The number of allylic oxidation sites excluding steroid dienone is 2. The van der Waals surface area contributed by atoms with Crippen molar-refractivity contribution in [3.05, 3.63) is 11.6 Å². The van der Waals surface area contributed by atoms with Gasteiger partial charge < -0.3 is 163 Å². The summed E-state index contributed by atoms with van der Waals surface area (Å²) in [5.74, 6) is -1.04. The van der Waals surface area contributed by atoms with Gasteiger partial charge in [0.2, 0.25) is 6.29 Å². The first-order valence-electron chi connectivity index (χ1n) is 36.4. The molecule has 19 N–H and O–H groups in total. The Bertz CT molecular complexity index is 2930. The molecular formula is C69H112O34. The van der Waals surface area contributed by atoms with Crippen molar-refractivity contribution >= 4 is 5.97 Å². The van der Waals surface area contributed by atoms with E-state index < -0.39 is 270 Å². The lowest BCUT2D eigenvalue weighted by Gasteiger charge is -2.71. The van der Waals surface area contributed by atoms with E-state index in [1.54, 1.807) is 0 Å². The van der Waals surface area contributed by atoms with Gasteiger partial charge in [-0.1, -0.05) is 60.1 Å². The zero-order valence-electron chi connectivity index (χ0n) is 59.5. The first-order valence-corrected chi connectivity index (χ1v) is 36.4. The van der Waals surface area contributed by atoms with Crippen molar-refractivity contribution in [2.75, 3.05) is 33.0 Å². The first-order chi connectivity index (χ1) is 48.3. The van der Waals surface area contributed by atoms with Crippen LogP contribution in [0.1, 0.15) is 120 Å². The summed E-state index contributed by atoms with van der Waals surface area (Å²) in [5.41, 5.74) is -2.67. The largest absolute Gasteiger partial charge is 0.432 e. The molecule has 41 unspecified atom stereocenters. The Kier molecular flexibility index (Phi) is 23.6. The van der Waals surface area contributed by atoms with Gasteiger partial charge >= 0.3 is 5.97 Å². The van der Waals surface area contributed by atoms with Gasteiger partial charge in [-0.25, -0.2) is 0 Å². The molecule has 12 rings (SSSR count). The van der Waals surface area contributed by atoms with Crippen LogP contribution in [0.15, 0.2) is 11.6 Å². The lowest BCUT2D eigenvalue weighted by molar-refractivity contribution is -0.406. The van der Waals surface area contributed by atoms with Gasteiger partial charge in [-0.05, 0) is 116 Å². The molecule has 103 heavy (non-hydrogen) atoms. The number of hydrogen-bond donors (Lipinski definition) is 19. The molecule has 0 radical (unpaired) electrons. The molecule has 41 atom stereocenters. The highest BCUT2D eigenvalue weighted by Crippen LogP contribution is 2.76. The zero-order chi connectivity index (χ0) is 75.0. The Morgan fingerprint density at radius 3 is 1.59 bits per heavy atom. The van der Waals surface area contributed by atoms with E-state index in [9.17, 15) is 102 Å². The smallest absolute Gasteiger partial charge is 0.315 e. The fourth-order valence-electron chi connectivity index (χ4n) is 20.0. The molecule has 7 aliphatic heterocycles. The van der Waals surface area contributed by atoms with Gasteiger partial charge in [-0.3, -0.25) is 4.79 Å². The summed E-state index contributed by atoms with van der Waals surface area (Å²) in [6.07, 6.45) is -50.8. The Labute approximate surface area is 596 Å². The van der Waals surface area contributed by atoms with E-state index in [1.165, 1.54) is 13.8 Å². The maximum absolute atomic E-state index is 15.0. The average molecular weight is 1490 g/mol. The predicted octanol–water partition coefficient (Wildman–Crippen LogP) is -5.62. The number of esters is 1. The highest BCUT2D eigenvalue weighted by molar-refractivity contribution is 5.79. The summed E-state index contributed by atoms with van der Waals surface area (Å²) in [4.78, 5) is 15.0. The topological polar surface area (TPSA) is 531 Å². The van der Waals surface area contributed by atoms with Crippen molar-refractivity contribution in [2.24, 2.45) is 50.2 Å². The standard InChI is InChI=1S/C69H112O34/c1-25-38(75)43(80)48(85)59(93-25)102-54-45(82)42(79)31(20-70)95-62(54)100-53-33(97-56-46(83)40(77)29(72)22-90-56)24-92-58(51(53)88)101-55-50(87)52(99-57-47(84)41(78)30(73)23-91-57)32(21-71)96-61(55)98-37-13-14-66(7)34(65(37,5)6)12-15-68(9)35(66)11-10-27-28-18-64(3,4)36(74)19-69(28,17-16-67(27,68)8)63(89)103-60-49(86)44(81)39(76)26(2)94-60/h10,25-26,28-62,70-88H,11-24H2,1-9H3. The lowest BCUT2D eigenvalue weighted by Crippen LogP contribution is -2.68. The number of aliphatic hydroxyl groups excluding tert-OH is 19. The minimum absolute atomic E-state index is 0.0612. The van der Waals surface area contributed by atoms with Crippen LogP contribution in [0.5, 0.6) is 0 Å². The molecule has 7 heterocycles. The van der Waals surface area contributed by atoms with Crippen LogP contribution in [0.25, 0.3) is 0 Å². The summed E-state index contributed by atoms with van der Waals surface area (Å²) < 4.78 is 85.8. The second-order valence-electron chi connectivity index (χ2n) is 33.4. The van der Waals surface area contributed by atoms with Gasteiger partial charge in [0.25, 0.3) is 0 Å². The Hall–Kier alpha value is -2.07. The van der Waals surface area contributed by atoms with E-state index in [2.05, 4.69) is 40.7 Å². The molecule has 4 saturated carbocycles. The number of carbonyl (C=O) groups excluding carboxylic acids is 1. The fraction of sp³-hybridized carbons (Fsp3) is 0.957. The van der Waals surface area contributed by atoms with Crippen LogP contribution in [0.3, 0.4) is 0 Å². The Morgan fingerprint density at radius 1 is 0.456 bits per heavy atom. The van der Waals surface area contributed by atoms with Crippen molar-refractivity contribution < 1.29 is 168 Å². The molecule has 34 nitrogen and oxygen atoms in total. The van der Waals surface area contributed by atoms with E-state index in [0.29, 0.717) is 44.9 Å². The van der Waals surface area contributed by atoms with Crippen molar-refractivity contribution in [3.63, 3.8) is 0 Å². The van der Waals surface area contributed by atoms with E-state index >= 15 is 0 Å². The number of rotatable bonds is 16. The number of aliphatic hydroxyl groups is 19. The van der Waals surface area contributed by atoms with E-state index in [1.807, 2.05) is 13.8 Å². The van der Waals surface area contributed by atoms with Crippen LogP contribution >= 0.6 is 0 Å². The third-order valence-electron chi connectivity index (χ3n) is 26.7. The first kappa shape index (κ1) is 80.4. The molecule has 0 amide bonds. The zero-order valence-corrected chi connectivity index (χ0v) is 59.5. The van der Waals surface area contributed by atoms with Crippen LogP contribution < -0.4 is 0 Å². The van der Waals surface area contributed by atoms with Gasteiger partial charge in [0.15, 0.2) is 37.7 Å². The highest BCUT2D eigenvalue weighted by Gasteiger charge is 2.71. The third-order valence-corrected chi connectivity index (χ3v) is 26.7. The number of carbonyl (C=O) groups is 1. The summed E-state index contributed by atoms with van der Waals surface area (Å²) in [7, 11) is 0. The van der Waals surface area contributed by atoms with Crippen molar-refractivity contribution in [1.29, 1.82) is 0 Å². The SMILES string of the molecule is CC1OC(OC(=O)C23CCC4(C)C(=CCC5C6(C)CCC(OC7OC(CO)C(OC8OCC(O)C(O)C8O)C(O)C7OC7OCC(OC8OCC(O)C(O)C8O)C(OC8OC(CO)C(O)C(O)C8OC8OC(C)C(O)C(O)C8O)C7O)C(C)(C)C6CCC54C)C2CC(C)(C)C(O)C3)C(O)C(O)C1O. The Balaban J connectivity index is 0.835. The van der Waals surface area contributed by atoms with Crippen LogP contribution in [-0.4, -0.2) is 345 Å². The Morgan fingerprint density at radius 2 is 0.971 bits per heavy atom. The van der Waals surface area contributed by atoms with Gasteiger partial charge in [0, 0.05) is 0 Å². The van der Waals surface area contributed by atoms with E-state index in [0.717, 1.165) is 12.0 Å². The molecule has 5 aliphatic carbocycles. The molecule has 0 aromatic heterocycles. The molecule has 0 aromatic carbocycles. The van der Waals surface area contributed by atoms with Crippen molar-refractivity contribution in [3.8, 4) is 0 Å². The third kappa shape index (κ3) is 14.0. The summed E-state index contributed by atoms with van der Waals surface area (Å²) in [6, 6.07) is 0. The van der Waals surface area contributed by atoms with E-state index in [-0.39, 0.29) is 35.0 Å². The predicted molar refractivity (Wildman–Crippen MR) is 341 cm³/mol. The maximum atomic E-state index is 15.0. The summed E-state index contributed by atoms with van der Waals surface area (Å²) >= 11 is 0. The average Bonchev–Trinajstić information content (AvgIpc) is 0.674. The van der Waals surface area contributed by atoms with Crippen molar-refractivity contribution in [1.82, 2.24) is 0 Å². The second-order valence-corrected chi connectivity index (χ2v) is 33.4. The van der Waals surface area contributed by atoms with Gasteiger partial charge in [-0.15, -0.1) is 0 Å². The van der Waals surface area contributed by atoms with Crippen LogP contribution in [0.2, 0.25) is 0 Å².